The Labute approximate surface area is 209 Å². The highest BCUT2D eigenvalue weighted by molar-refractivity contribution is 6.31. The predicted molar refractivity (Wildman–Crippen MR) is 140 cm³/mol. The van der Waals surface area contributed by atoms with Crippen LogP contribution in [-0.4, -0.2) is 24.7 Å². The third-order valence-corrected chi connectivity index (χ3v) is 6.45. The number of aromatic nitrogens is 1. The lowest BCUT2D eigenvalue weighted by atomic mass is 10.0. The number of anilines is 1. The van der Waals surface area contributed by atoms with Gasteiger partial charge >= 0.3 is 0 Å². The molecule has 4 aromatic rings. The molecule has 0 radical (unpaired) electrons. The van der Waals surface area contributed by atoms with Gasteiger partial charge in [0.2, 0.25) is 5.91 Å². The van der Waals surface area contributed by atoms with Crippen LogP contribution in [0.1, 0.15) is 16.7 Å². The molecule has 0 unspecified atom stereocenters. The van der Waals surface area contributed by atoms with E-state index in [2.05, 4.69) is 5.32 Å². The van der Waals surface area contributed by atoms with E-state index in [-0.39, 0.29) is 18.0 Å². The summed E-state index contributed by atoms with van der Waals surface area (Å²) in [5, 5.41) is 4.23. The first kappa shape index (κ1) is 24.4. The van der Waals surface area contributed by atoms with Crippen molar-refractivity contribution in [1.82, 2.24) is 4.57 Å². The molecule has 7 heteroatoms. The molecule has 180 valence electrons. The summed E-state index contributed by atoms with van der Waals surface area (Å²) in [4.78, 5) is 26.6. The van der Waals surface area contributed by atoms with Gasteiger partial charge < -0.3 is 14.8 Å². The first-order chi connectivity index (χ1) is 16.9. The van der Waals surface area contributed by atoms with Crippen molar-refractivity contribution < 1.29 is 14.3 Å². The molecule has 0 bridgehead atoms. The topological polar surface area (TPSA) is 69.6 Å². The highest BCUT2D eigenvalue weighted by atomic mass is 35.5. The van der Waals surface area contributed by atoms with Gasteiger partial charge in [-0.2, -0.15) is 0 Å². The summed E-state index contributed by atoms with van der Waals surface area (Å²) in [5.74, 6) is 0.711. The molecule has 0 aliphatic carbocycles. The number of benzene rings is 3. The normalized spacial score (nSPS) is 10.9. The van der Waals surface area contributed by atoms with E-state index in [0.29, 0.717) is 46.1 Å². The third-order valence-electron chi connectivity index (χ3n) is 6.04. The Balaban J connectivity index is 1.74. The molecule has 0 saturated carbocycles. The first-order valence-corrected chi connectivity index (χ1v) is 11.7. The van der Waals surface area contributed by atoms with E-state index >= 15 is 0 Å². The lowest BCUT2D eigenvalue weighted by Gasteiger charge is -2.16. The average molecular weight is 491 g/mol. The standard InChI is InChI=1S/C28H27ClN2O4/c1-18-22(29)10-7-11-23(18)30-27(32)17-31-24-16-26(35-3)25(34-2)15-21(24)14-20(28(31)33)13-12-19-8-5-4-6-9-19/h4-11,14-16H,12-13,17H2,1-3H3,(H,30,32). The molecule has 0 atom stereocenters. The number of ether oxygens (including phenoxy) is 2. The second kappa shape index (κ2) is 10.7. The van der Waals surface area contributed by atoms with Gasteiger partial charge in [0, 0.05) is 27.7 Å². The van der Waals surface area contributed by atoms with E-state index in [1.807, 2.05) is 49.4 Å². The summed E-state index contributed by atoms with van der Waals surface area (Å²) >= 11 is 6.20. The van der Waals surface area contributed by atoms with Gasteiger partial charge in [-0.1, -0.05) is 48.0 Å². The molecule has 1 aromatic heterocycles. The van der Waals surface area contributed by atoms with Crippen LogP contribution in [0.5, 0.6) is 11.5 Å². The Hall–Kier alpha value is -3.77. The Bertz CT molecular complexity index is 1430. The number of nitrogens with one attached hydrogen (secondary N) is 1. The minimum absolute atomic E-state index is 0.157. The Morgan fingerprint density at radius 1 is 0.943 bits per heavy atom. The highest BCUT2D eigenvalue weighted by Crippen LogP contribution is 2.32. The smallest absolute Gasteiger partial charge is 0.254 e. The number of hydrogen-bond donors (Lipinski definition) is 1. The quantitative estimate of drug-likeness (QED) is 0.359. The molecule has 0 aliphatic rings. The summed E-state index contributed by atoms with van der Waals surface area (Å²) in [6.45, 7) is 1.68. The van der Waals surface area contributed by atoms with Crippen molar-refractivity contribution in [2.24, 2.45) is 0 Å². The maximum atomic E-state index is 13.6. The van der Waals surface area contributed by atoms with Crippen LogP contribution in [0.3, 0.4) is 0 Å². The van der Waals surface area contributed by atoms with Crippen LogP contribution in [-0.2, 0) is 24.2 Å². The van der Waals surface area contributed by atoms with Gasteiger partial charge in [-0.3, -0.25) is 14.2 Å². The number of pyridine rings is 1. The number of rotatable bonds is 8. The molecule has 1 N–H and O–H groups in total. The van der Waals surface area contributed by atoms with E-state index < -0.39 is 0 Å². The van der Waals surface area contributed by atoms with E-state index in [0.717, 1.165) is 16.5 Å². The average Bonchev–Trinajstić information content (AvgIpc) is 2.87. The maximum Gasteiger partial charge on any atom is 0.254 e. The molecule has 3 aromatic carbocycles. The Morgan fingerprint density at radius 3 is 2.37 bits per heavy atom. The van der Waals surface area contributed by atoms with Gasteiger partial charge in [0.25, 0.3) is 5.56 Å². The van der Waals surface area contributed by atoms with Gasteiger partial charge in [0.1, 0.15) is 6.54 Å². The van der Waals surface area contributed by atoms with E-state index in [1.54, 1.807) is 31.4 Å². The molecular weight excluding hydrogens is 464 g/mol. The van der Waals surface area contributed by atoms with Crippen molar-refractivity contribution in [3.63, 3.8) is 0 Å². The zero-order valence-electron chi connectivity index (χ0n) is 19.9. The maximum absolute atomic E-state index is 13.6. The van der Waals surface area contributed by atoms with Gasteiger partial charge in [-0.05, 0) is 55.2 Å². The first-order valence-electron chi connectivity index (χ1n) is 11.3. The molecule has 0 saturated heterocycles. The molecule has 6 nitrogen and oxygen atoms in total. The van der Waals surface area contributed by atoms with Crippen LogP contribution in [0.4, 0.5) is 5.69 Å². The van der Waals surface area contributed by atoms with E-state index in [4.69, 9.17) is 21.1 Å². The van der Waals surface area contributed by atoms with Crippen LogP contribution >= 0.6 is 11.6 Å². The second-order valence-electron chi connectivity index (χ2n) is 8.27. The summed E-state index contributed by atoms with van der Waals surface area (Å²) in [5.41, 5.74) is 3.52. The number of hydrogen-bond acceptors (Lipinski definition) is 4. The fourth-order valence-corrected chi connectivity index (χ4v) is 4.28. The van der Waals surface area contributed by atoms with Crippen molar-refractivity contribution >= 4 is 34.1 Å². The van der Waals surface area contributed by atoms with Crippen molar-refractivity contribution in [2.45, 2.75) is 26.3 Å². The number of fused-ring (bicyclic) bond motifs is 1. The van der Waals surface area contributed by atoms with Gasteiger partial charge in [0.15, 0.2) is 11.5 Å². The largest absolute Gasteiger partial charge is 0.493 e. The van der Waals surface area contributed by atoms with Crippen LogP contribution < -0.4 is 20.3 Å². The zero-order chi connectivity index (χ0) is 24.9. The molecular formula is C28H27ClN2O4. The molecule has 4 rings (SSSR count). The highest BCUT2D eigenvalue weighted by Gasteiger charge is 2.17. The number of methoxy groups -OCH3 is 2. The van der Waals surface area contributed by atoms with Crippen LogP contribution in [0, 0.1) is 6.92 Å². The van der Waals surface area contributed by atoms with Crippen LogP contribution in [0.2, 0.25) is 5.02 Å². The number of carbonyl (C=O) groups excluding carboxylic acids is 1. The number of carbonyl (C=O) groups is 1. The fraction of sp³-hybridized carbons (Fsp3) is 0.214. The molecule has 1 heterocycles. The second-order valence-corrected chi connectivity index (χ2v) is 8.68. The van der Waals surface area contributed by atoms with E-state index in [9.17, 15) is 9.59 Å². The lowest BCUT2D eigenvalue weighted by molar-refractivity contribution is -0.116. The number of aryl methyl sites for hydroxylation is 2. The van der Waals surface area contributed by atoms with Gasteiger partial charge in [-0.15, -0.1) is 0 Å². The summed E-state index contributed by atoms with van der Waals surface area (Å²) < 4.78 is 12.4. The molecule has 35 heavy (non-hydrogen) atoms. The Kier molecular flexibility index (Phi) is 7.42. The number of halogens is 1. The van der Waals surface area contributed by atoms with Crippen molar-refractivity contribution in [2.75, 3.05) is 19.5 Å². The molecule has 1 amide bonds. The number of nitrogens with zero attached hydrogens (tertiary/aromatic N) is 1. The van der Waals surface area contributed by atoms with E-state index in [1.165, 1.54) is 11.7 Å². The summed E-state index contributed by atoms with van der Waals surface area (Å²) in [6, 6.07) is 20.7. The minimum atomic E-state index is -0.325. The lowest BCUT2D eigenvalue weighted by Crippen LogP contribution is -2.30. The fourth-order valence-electron chi connectivity index (χ4n) is 4.10. The van der Waals surface area contributed by atoms with Crippen LogP contribution in [0.15, 0.2) is 71.5 Å². The zero-order valence-corrected chi connectivity index (χ0v) is 20.7. The van der Waals surface area contributed by atoms with Crippen molar-refractivity contribution in [3.05, 3.63) is 98.8 Å². The number of amides is 1. The molecule has 0 spiro atoms. The van der Waals surface area contributed by atoms with Crippen molar-refractivity contribution in [3.8, 4) is 11.5 Å². The SMILES string of the molecule is COc1cc2cc(CCc3ccccc3)c(=O)n(CC(=O)Nc3cccc(Cl)c3C)c2cc1OC. The van der Waals surface area contributed by atoms with Gasteiger partial charge in [0.05, 0.1) is 19.7 Å². The molecule has 0 fully saturated rings. The third kappa shape index (κ3) is 5.33. The Morgan fingerprint density at radius 2 is 1.66 bits per heavy atom. The summed E-state index contributed by atoms with van der Waals surface area (Å²) in [6.07, 6.45) is 1.25. The predicted octanol–water partition coefficient (Wildman–Crippen LogP) is 5.40. The molecule has 0 aliphatic heterocycles. The monoisotopic (exact) mass is 490 g/mol. The van der Waals surface area contributed by atoms with Gasteiger partial charge in [-0.25, -0.2) is 0 Å². The summed E-state index contributed by atoms with van der Waals surface area (Å²) in [7, 11) is 3.10. The van der Waals surface area contributed by atoms with Crippen molar-refractivity contribution in [1.29, 1.82) is 0 Å². The van der Waals surface area contributed by atoms with Crippen LogP contribution in [0.25, 0.3) is 10.9 Å². The minimum Gasteiger partial charge on any atom is -0.493 e.